The molecule has 0 unspecified atom stereocenters. The standard InChI is InChI=1S/C64H46N4/c1-63(2)52-26-16-14-24-44(52)46-34-50-48-32-40(28-30-58(48)67(60(50)36-54(46)63)42-20-10-6-11-21-42)56-38-57(66-62(65-56)39-18-8-5-9-19-39)41-29-31-59-49(33-41)51-35-47-45-25-15-17-27-53(45)64(3,4)55(47)37-61(51)68(59)43-22-12-7-13-23-43/h5-38H,1-4H3. The van der Waals surface area contributed by atoms with Crippen LogP contribution in [0, 0.1) is 0 Å². The van der Waals surface area contributed by atoms with E-state index in [0.29, 0.717) is 5.82 Å². The molecule has 0 aliphatic heterocycles. The minimum Gasteiger partial charge on any atom is -0.309 e. The Labute approximate surface area is 395 Å². The van der Waals surface area contributed by atoms with Gasteiger partial charge in [0.15, 0.2) is 5.82 Å². The van der Waals surface area contributed by atoms with E-state index in [1.165, 1.54) is 88.1 Å². The molecular formula is C64H46N4. The van der Waals surface area contributed by atoms with Gasteiger partial charge in [0.25, 0.3) is 0 Å². The van der Waals surface area contributed by atoms with Crippen molar-refractivity contribution in [3.8, 4) is 67.5 Å². The highest BCUT2D eigenvalue weighted by atomic mass is 15.0. The number of hydrogen-bond acceptors (Lipinski definition) is 2. The zero-order chi connectivity index (χ0) is 45.5. The summed E-state index contributed by atoms with van der Waals surface area (Å²) in [5.41, 5.74) is 22.4. The number of nitrogens with zero attached hydrogens (tertiary/aromatic N) is 4. The Morgan fingerprint density at radius 2 is 0.706 bits per heavy atom. The van der Waals surface area contributed by atoms with Gasteiger partial charge in [0.1, 0.15) is 0 Å². The fourth-order valence-electron chi connectivity index (χ4n) is 11.9. The second-order valence-corrected chi connectivity index (χ2v) is 19.8. The average molecular weight is 871 g/mol. The highest BCUT2D eigenvalue weighted by Crippen LogP contribution is 2.53. The molecule has 4 nitrogen and oxygen atoms in total. The maximum atomic E-state index is 5.37. The van der Waals surface area contributed by atoms with Crippen molar-refractivity contribution in [3.05, 3.63) is 229 Å². The van der Waals surface area contributed by atoms with Crippen LogP contribution in [0.25, 0.3) is 111 Å². The van der Waals surface area contributed by atoms with E-state index >= 15 is 0 Å². The smallest absolute Gasteiger partial charge is 0.160 e. The lowest BCUT2D eigenvalue weighted by Gasteiger charge is -2.21. The molecule has 2 aliphatic rings. The van der Waals surface area contributed by atoms with Crippen LogP contribution in [0.3, 0.4) is 0 Å². The molecule has 14 rings (SSSR count). The van der Waals surface area contributed by atoms with Gasteiger partial charge in [0.05, 0.1) is 33.5 Å². The van der Waals surface area contributed by atoms with Gasteiger partial charge in [-0.25, -0.2) is 9.97 Å². The first-order chi connectivity index (χ1) is 33.2. The van der Waals surface area contributed by atoms with Crippen LogP contribution in [0.15, 0.2) is 206 Å². The molecule has 9 aromatic carbocycles. The normalized spacial score (nSPS) is 14.1. The molecule has 68 heavy (non-hydrogen) atoms. The van der Waals surface area contributed by atoms with E-state index in [9.17, 15) is 0 Å². The van der Waals surface area contributed by atoms with Crippen molar-refractivity contribution in [2.45, 2.75) is 38.5 Å². The largest absolute Gasteiger partial charge is 0.309 e. The van der Waals surface area contributed by atoms with Crippen molar-refractivity contribution in [1.82, 2.24) is 19.1 Å². The maximum Gasteiger partial charge on any atom is 0.160 e. The summed E-state index contributed by atoms with van der Waals surface area (Å²) in [6, 6.07) is 75.5. The van der Waals surface area contributed by atoms with E-state index in [0.717, 1.165) is 39.5 Å². The monoisotopic (exact) mass is 870 g/mol. The molecular weight excluding hydrogens is 825 g/mol. The molecule has 0 saturated heterocycles. The second kappa shape index (κ2) is 14.1. The Morgan fingerprint density at radius 3 is 1.16 bits per heavy atom. The number of hydrogen-bond donors (Lipinski definition) is 0. The molecule has 2 aliphatic carbocycles. The SMILES string of the molecule is CC1(C)c2ccccc2-c2cc3c4cc(-c5cc(-c6ccc7c(c6)c6cc8c(cc6n7-c6ccccc6)C(C)(C)c6ccccc6-8)nc(-c6ccccc6)n5)ccc4n(-c4ccccc4)c3cc21. The van der Waals surface area contributed by atoms with E-state index in [1.807, 2.05) is 6.07 Å². The molecule has 0 radical (unpaired) electrons. The van der Waals surface area contributed by atoms with Gasteiger partial charge in [-0.1, -0.05) is 155 Å². The van der Waals surface area contributed by atoms with Crippen LogP contribution >= 0.6 is 0 Å². The summed E-state index contributed by atoms with van der Waals surface area (Å²) in [6.45, 7) is 9.44. The molecule has 0 N–H and O–H groups in total. The highest BCUT2D eigenvalue weighted by molar-refractivity contribution is 6.14. The Balaban J connectivity index is 0.993. The van der Waals surface area contributed by atoms with Crippen molar-refractivity contribution in [2.75, 3.05) is 0 Å². The molecule has 0 atom stereocenters. The quantitative estimate of drug-likeness (QED) is 0.173. The summed E-state index contributed by atoms with van der Waals surface area (Å²) in [4.78, 5) is 10.7. The van der Waals surface area contributed by atoms with Crippen LogP contribution in [0.2, 0.25) is 0 Å². The third-order valence-electron chi connectivity index (χ3n) is 15.3. The van der Waals surface area contributed by atoms with Crippen molar-refractivity contribution < 1.29 is 0 Å². The van der Waals surface area contributed by atoms with E-state index in [-0.39, 0.29) is 10.8 Å². The van der Waals surface area contributed by atoms with Gasteiger partial charge in [-0.2, -0.15) is 0 Å². The molecule has 0 saturated carbocycles. The van der Waals surface area contributed by atoms with Crippen LogP contribution in [0.4, 0.5) is 0 Å². The Hall–Kier alpha value is -8.34. The van der Waals surface area contributed by atoms with Gasteiger partial charge in [-0.15, -0.1) is 0 Å². The van der Waals surface area contributed by atoms with Gasteiger partial charge < -0.3 is 9.13 Å². The van der Waals surface area contributed by atoms with E-state index in [4.69, 9.17) is 9.97 Å². The number of rotatable bonds is 5. The fraction of sp³-hybridized carbons (Fsp3) is 0.0938. The van der Waals surface area contributed by atoms with Crippen LogP contribution in [0.1, 0.15) is 49.9 Å². The Bertz CT molecular complexity index is 3820. The van der Waals surface area contributed by atoms with Gasteiger partial charge >= 0.3 is 0 Å². The first kappa shape index (κ1) is 38.9. The molecule has 3 aromatic heterocycles. The zero-order valence-corrected chi connectivity index (χ0v) is 38.4. The lowest BCUT2D eigenvalue weighted by Crippen LogP contribution is -2.14. The molecule has 3 heterocycles. The van der Waals surface area contributed by atoms with Gasteiger partial charge in [0.2, 0.25) is 0 Å². The van der Waals surface area contributed by atoms with E-state index in [2.05, 4.69) is 237 Å². The Kier molecular flexibility index (Phi) is 8.06. The second-order valence-electron chi connectivity index (χ2n) is 19.8. The minimum atomic E-state index is -0.115. The number of aromatic nitrogens is 4. The molecule has 0 spiro atoms. The Morgan fingerprint density at radius 1 is 0.309 bits per heavy atom. The molecule has 0 amide bonds. The topological polar surface area (TPSA) is 35.6 Å². The summed E-state index contributed by atoms with van der Waals surface area (Å²) in [6.07, 6.45) is 0. The average Bonchev–Trinajstić information content (AvgIpc) is 4.03. The number of para-hydroxylation sites is 2. The van der Waals surface area contributed by atoms with Crippen LogP contribution in [-0.2, 0) is 10.8 Å². The predicted molar refractivity (Wildman–Crippen MR) is 282 cm³/mol. The summed E-state index contributed by atoms with van der Waals surface area (Å²) < 4.78 is 4.87. The van der Waals surface area contributed by atoms with Crippen LogP contribution in [-0.4, -0.2) is 19.1 Å². The van der Waals surface area contributed by atoms with Gasteiger partial charge in [-0.3, -0.25) is 0 Å². The third kappa shape index (κ3) is 5.49. The number of benzene rings is 9. The first-order valence-corrected chi connectivity index (χ1v) is 23.7. The summed E-state index contributed by atoms with van der Waals surface area (Å²) in [5.74, 6) is 0.699. The summed E-state index contributed by atoms with van der Waals surface area (Å²) >= 11 is 0. The summed E-state index contributed by atoms with van der Waals surface area (Å²) in [5, 5.41) is 4.85. The first-order valence-electron chi connectivity index (χ1n) is 23.7. The van der Waals surface area contributed by atoms with Crippen molar-refractivity contribution in [3.63, 3.8) is 0 Å². The lowest BCUT2D eigenvalue weighted by atomic mass is 9.82. The number of fused-ring (bicyclic) bond motifs is 12. The van der Waals surface area contributed by atoms with Gasteiger partial charge in [-0.05, 0) is 123 Å². The van der Waals surface area contributed by atoms with Crippen molar-refractivity contribution in [2.24, 2.45) is 0 Å². The molecule has 0 bridgehead atoms. The highest BCUT2D eigenvalue weighted by Gasteiger charge is 2.37. The molecule has 322 valence electrons. The van der Waals surface area contributed by atoms with E-state index < -0.39 is 0 Å². The van der Waals surface area contributed by atoms with Crippen LogP contribution < -0.4 is 0 Å². The maximum absolute atomic E-state index is 5.37. The van der Waals surface area contributed by atoms with Crippen LogP contribution in [0.5, 0.6) is 0 Å². The van der Waals surface area contributed by atoms with Gasteiger partial charge in [0, 0.05) is 60.4 Å². The third-order valence-corrected chi connectivity index (χ3v) is 15.3. The molecule has 12 aromatic rings. The lowest BCUT2D eigenvalue weighted by molar-refractivity contribution is 0.661. The summed E-state index contributed by atoms with van der Waals surface area (Å²) in [7, 11) is 0. The predicted octanol–water partition coefficient (Wildman–Crippen LogP) is 16.3. The zero-order valence-electron chi connectivity index (χ0n) is 38.4. The van der Waals surface area contributed by atoms with E-state index in [1.54, 1.807) is 0 Å². The van der Waals surface area contributed by atoms with Crippen molar-refractivity contribution >= 4 is 43.6 Å². The minimum absolute atomic E-state index is 0.115. The van der Waals surface area contributed by atoms with Crippen molar-refractivity contribution in [1.29, 1.82) is 0 Å². The molecule has 4 heteroatoms. The molecule has 0 fully saturated rings. The fourth-order valence-corrected chi connectivity index (χ4v) is 11.9.